The number of carbonyl (C=O) groups excluding carboxylic acids is 1. The molecule has 0 atom stereocenters. The second-order valence-corrected chi connectivity index (χ2v) is 3.05. The number of ether oxygens (including phenoxy) is 2. The van der Waals surface area contributed by atoms with Gasteiger partial charge in [0.15, 0.2) is 11.5 Å². The molecule has 1 aromatic carbocycles. The van der Waals surface area contributed by atoms with Crippen LogP contribution < -0.4 is 20.5 Å². The van der Waals surface area contributed by atoms with Gasteiger partial charge in [-0.1, -0.05) is 0 Å². The number of nitrogens with one attached hydrogen (secondary N) is 1. The average Bonchev–Trinajstić information content (AvgIpc) is 2.27. The first-order valence-corrected chi connectivity index (χ1v) is 4.55. The maximum absolute atomic E-state index is 11.0. The number of benzene rings is 1. The number of rotatable bonds is 4. The van der Waals surface area contributed by atoms with E-state index in [0.717, 1.165) is 0 Å². The average molecular weight is 240 g/mol. The number of urea groups is 1. The van der Waals surface area contributed by atoms with E-state index in [1.165, 1.54) is 26.4 Å². The number of aromatic carboxylic acids is 1. The smallest absolute Gasteiger partial charge is 0.337 e. The van der Waals surface area contributed by atoms with E-state index in [9.17, 15) is 9.59 Å². The van der Waals surface area contributed by atoms with Crippen LogP contribution in [0, 0.1) is 0 Å². The third kappa shape index (κ3) is 2.77. The minimum Gasteiger partial charge on any atom is -0.493 e. The summed E-state index contributed by atoms with van der Waals surface area (Å²) >= 11 is 0. The Morgan fingerprint density at radius 2 is 1.76 bits per heavy atom. The summed E-state index contributed by atoms with van der Waals surface area (Å²) in [4.78, 5) is 21.7. The number of hydrogen-bond donors (Lipinski definition) is 3. The SMILES string of the molecule is COc1cc(NC(N)=O)c(C(=O)O)cc1OC. The molecule has 1 rings (SSSR count). The zero-order valence-corrected chi connectivity index (χ0v) is 9.31. The Kier molecular flexibility index (Phi) is 3.76. The van der Waals surface area contributed by atoms with E-state index in [2.05, 4.69) is 5.32 Å². The van der Waals surface area contributed by atoms with Crippen molar-refractivity contribution >= 4 is 17.7 Å². The summed E-state index contributed by atoms with van der Waals surface area (Å²) in [5, 5.41) is 11.2. The fraction of sp³-hybridized carbons (Fsp3) is 0.200. The van der Waals surface area contributed by atoms with Crippen LogP contribution in [0.1, 0.15) is 10.4 Å². The van der Waals surface area contributed by atoms with E-state index in [1.807, 2.05) is 0 Å². The Morgan fingerprint density at radius 3 is 2.18 bits per heavy atom. The van der Waals surface area contributed by atoms with Crippen molar-refractivity contribution < 1.29 is 24.2 Å². The second kappa shape index (κ2) is 5.06. The molecule has 17 heavy (non-hydrogen) atoms. The van der Waals surface area contributed by atoms with Crippen LogP contribution in [0.5, 0.6) is 11.5 Å². The van der Waals surface area contributed by atoms with Gasteiger partial charge in [-0.25, -0.2) is 9.59 Å². The summed E-state index contributed by atoms with van der Waals surface area (Å²) in [5.41, 5.74) is 4.85. The van der Waals surface area contributed by atoms with Gasteiger partial charge in [-0.05, 0) is 0 Å². The molecule has 0 heterocycles. The second-order valence-electron chi connectivity index (χ2n) is 3.05. The molecule has 0 fully saturated rings. The number of anilines is 1. The maximum Gasteiger partial charge on any atom is 0.337 e. The lowest BCUT2D eigenvalue weighted by Gasteiger charge is -2.12. The number of nitrogens with two attached hydrogens (primary N) is 1. The molecule has 0 saturated heterocycles. The van der Waals surface area contributed by atoms with E-state index in [0.29, 0.717) is 5.75 Å². The monoisotopic (exact) mass is 240 g/mol. The quantitative estimate of drug-likeness (QED) is 0.723. The van der Waals surface area contributed by atoms with Gasteiger partial charge in [0.05, 0.1) is 25.5 Å². The summed E-state index contributed by atoms with van der Waals surface area (Å²) in [6, 6.07) is 1.71. The summed E-state index contributed by atoms with van der Waals surface area (Å²) in [7, 11) is 2.77. The van der Waals surface area contributed by atoms with Crippen molar-refractivity contribution in [2.45, 2.75) is 0 Å². The minimum absolute atomic E-state index is 0.0441. The fourth-order valence-electron chi connectivity index (χ4n) is 1.29. The van der Waals surface area contributed by atoms with Gasteiger partial charge >= 0.3 is 12.0 Å². The Hall–Kier alpha value is -2.44. The number of amides is 2. The minimum atomic E-state index is -1.21. The Morgan fingerprint density at radius 1 is 1.24 bits per heavy atom. The van der Waals surface area contributed by atoms with Crippen LogP contribution in [0.4, 0.5) is 10.5 Å². The number of carbonyl (C=O) groups is 2. The standard InChI is InChI=1S/C10H12N2O5/c1-16-7-3-5(9(13)14)6(12-10(11)15)4-8(7)17-2/h3-4H,1-2H3,(H,13,14)(H3,11,12,15). The lowest BCUT2D eigenvalue weighted by Crippen LogP contribution is -2.21. The maximum atomic E-state index is 11.0. The molecule has 7 nitrogen and oxygen atoms in total. The third-order valence-corrected chi connectivity index (χ3v) is 2.01. The van der Waals surface area contributed by atoms with E-state index in [-0.39, 0.29) is 17.0 Å². The lowest BCUT2D eigenvalue weighted by atomic mass is 10.1. The van der Waals surface area contributed by atoms with Gasteiger partial charge < -0.3 is 25.6 Å². The molecular formula is C10H12N2O5. The molecule has 7 heteroatoms. The normalized spacial score (nSPS) is 9.53. The van der Waals surface area contributed by atoms with Gasteiger partial charge in [-0.15, -0.1) is 0 Å². The molecule has 0 spiro atoms. The van der Waals surface area contributed by atoms with Crippen LogP contribution in [0.2, 0.25) is 0 Å². The Balaban J connectivity index is 3.34. The first kappa shape index (κ1) is 12.6. The zero-order chi connectivity index (χ0) is 13.0. The summed E-state index contributed by atoms with van der Waals surface area (Å²) < 4.78 is 9.94. The first-order chi connectivity index (χ1) is 7.99. The fourth-order valence-corrected chi connectivity index (χ4v) is 1.29. The Bertz CT molecular complexity index is 458. The largest absolute Gasteiger partial charge is 0.493 e. The molecule has 0 aliphatic carbocycles. The number of methoxy groups -OCH3 is 2. The van der Waals surface area contributed by atoms with E-state index >= 15 is 0 Å². The molecule has 0 bridgehead atoms. The van der Waals surface area contributed by atoms with Crippen molar-refractivity contribution in [3.63, 3.8) is 0 Å². The molecule has 0 aliphatic rings. The van der Waals surface area contributed by atoms with E-state index < -0.39 is 12.0 Å². The van der Waals surface area contributed by atoms with Gasteiger partial charge in [0.1, 0.15) is 0 Å². The lowest BCUT2D eigenvalue weighted by molar-refractivity contribution is 0.0697. The van der Waals surface area contributed by atoms with E-state index in [1.54, 1.807) is 0 Å². The third-order valence-electron chi connectivity index (χ3n) is 2.01. The highest BCUT2D eigenvalue weighted by molar-refractivity contribution is 6.00. The van der Waals surface area contributed by atoms with Crippen LogP contribution in [0.15, 0.2) is 12.1 Å². The van der Waals surface area contributed by atoms with Crippen molar-refractivity contribution in [3.8, 4) is 11.5 Å². The number of primary amides is 1. The topological polar surface area (TPSA) is 111 Å². The van der Waals surface area contributed by atoms with Gasteiger partial charge in [0.25, 0.3) is 0 Å². The molecule has 0 unspecified atom stereocenters. The molecule has 0 aromatic heterocycles. The molecule has 2 amide bonds. The highest BCUT2D eigenvalue weighted by Crippen LogP contribution is 2.33. The summed E-state index contributed by atoms with van der Waals surface area (Å²) in [5.74, 6) is -0.670. The predicted molar refractivity (Wildman–Crippen MR) is 59.7 cm³/mol. The zero-order valence-electron chi connectivity index (χ0n) is 9.31. The van der Waals surface area contributed by atoms with Gasteiger partial charge in [0.2, 0.25) is 0 Å². The molecule has 0 radical (unpaired) electrons. The molecular weight excluding hydrogens is 228 g/mol. The molecule has 92 valence electrons. The summed E-state index contributed by atoms with van der Waals surface area (Å²) in [6.45, 7) is 0. The van der Waals surface area contributed by atoms with Crippen molar-refractivity contribution in [2.75, 3.05) is 19.5 Å². The van der Waals surface area contributed by atoms with Crippen LogP contribution in [-0.2, 0) is 0 Å². The van der Waals surface area contributed by atoms with E-state index in [4.69, 9.17) is 20.3 Å². The van der Waals surface area contributed by atoms with Crippen molar-refractivity contribution in [1.29, 1.82) is 0 Å². The number of carboxylic acid groups (broad SMARTS) is 1. The molecule has 4 N–H and O–H groups in total. The highest BCUT2D eigenvalue weighted by Gasteiger charge is 2.16. The molecule has 0 aliphatic heterocycles. The van der Waals surface area contributed by atoms with Crippen molar-refractivity contribution in [1.82, 2.24) is 0 Å². The molecule has 0 saturated carbocycles. The van der Waals surface area contributed by atoms with Crippen molar-refractivity contribution in [2.24, 2.45) is 5.73 Å². The van der Waals surface area contributed by atoms with Gasteiger partial charge in [0, 0.05) is 12.1 Å². The summed E-state index contributed by atoms with van der Waals surface area (Å²) in [6.07, 6.45) is 0. The highest BCUT2D eigenvalue weighted by atomic mass is 16.5. The van der Waals surface area contributed by atoms with Gasteiger partial charge in [-0.2, -0.15) is 0 Å². The van der Waals surface area contributed by atoms with Crippen LogP contribution in [0.3, 0.4) is 0 Å². The van der Waals surface area contributed by atoms with Crippen molar-refractivity contribution in [3.05, 3.63) is 17.7 Å². The number of hydrogen-bond acceptors (Lipinski definition) is 4. The van der Waals surface area contributed by atoms with Crippen LogP contribution in [-0.4, -0.2) is 31.3 Å². The van der Waals surface area contributed by atoms with Gasteiger partial charge in [-0.3, -0.25) is 0 Å². The number of carboxylic acids is 1. The Labute approximate surface area is 97.1 Å². The van der Waals surface area contributed by atoms with Crippen LogP contribution in [0.25, 0.3) is 0 Å². The molecule has 1 aromatic rings. The van der Waals surface area contributed by atoms with Crippen LogP contribution >= 0.6 is 0 Å². The predicted octanol–water partition coefficient (Wildman–Crippen LogP) is 0.893. The first-order valence-electron chi connectivity index (χ1n) is 4.55.